The van der Waals surface area contributed by atoms with E-state index in [2.05, 4.69) is 21.3 Å². The third-order valence-corrected chi connectivity index (χ3v) is 5.91. The molecule has 1 fully saturated rings. The molecular weight excluding hydrogens is 478 g/mol. The monoisotopic (exact) mass is 509 g/mol. The maximum atomic E-state index is 13.4. The van der Waals surface area contributed by atoms with Gasteiger partial charge in [0.25, 0.3) is 5.69 Å². The first kappa shape index (κ1) is 27.3. The van der Waals surface area contributed by atoms with Crippen molar-refractivity contribution in [3.05, 3.63) is 70.3 Å². The maximum absolute atomic E-state index is 13.4. The summed E-state index contributed by atoms with van der Waals surface area (Å²) < 4.78 is 0. The number of benzene rings is 2. The summed E-state index contributed by atoms with van der Waals surface area (Å²) in [5, 5.41) is 21.7. The molecule has 0 aromatic heterocycles. The van der Waals surface area contributed by atoms with Crippen LogP contribution in [0.2, 0.25) is 0 Å². The number of anilines is 1. The number of carbonyl (C=O) groups excluding carboxylic acids is 4. The van der Waals surface area contributed by atoms with Crippen LogP contribution in [0.15, 0.2) is 54.6 Å². The van der Waals surface area contributed by atoms with Gasteiger partial charge < -0.3 is 21.3 Å². The highest BCUT2D eigenvalue weighted by molar-refractivity contribution is 5.99. The van der Waals surface area contributed by atoms with Gasteiger partial charge in [-0.3, -0.25) is 29.3 Å². The number of rotatable bonds is 11. The number of carbonyl (C=O) groups is 4. The summed E-state index contributed by atoms with van der Waals surface area (Å²) in [5.74, 6) is -1.64. The van der Waals surface area contributed by atoms with E-state index in [0.717, 1.165) is 5.56 Å². The lowest BCUT2D eigenvalue weighted by atomic mass is 10.0. The normalized spacial score (nSPS) is 16.4. The Balaban J connectivity index is 1.74. The van der Waals surface area contributed by atoms with E-state index in [-0.39, 0.29) is 30.4 Å². The third kappa shape index (κ3) is 8.13. The Morgan fingerprint density at radius 2 is 1.68 bits per heavy atom. The van der Waals surface area contributed by atoms with Crippen LogP contribution in [0.3, 0.4) is 0 Å². The first-order valence-electron chi connectivity index (χ1n) is 12.1. The van der Waals surface area contributed by atoms with Crippen LogP contribution in [0.1, 0.15) is 38.7 Å². The molecule has 11 heteroatoms. The molecule has 0 saturated carbocycles. The predicted molar refractivity (Wildman–Crippen MR) is 136 cm³/mol. The fourth-order valence-corrected chi connectivity index (χ4v) is 4.01. The highest BCUT2D eigenvalue weighted by atomic mass is 16.6. The van der Waals surface area contributed by atoms with Crippen molar-refractivity contribution in [3.8, 4) is 0 Å². The van der Waals surface area contributed by atoms with Gasteiger partial charge in [0, 0.05) is 30.7 Å². The van der Waals surface area contributed by atoms with Crippen LogP contribution in [-0.4, -0.2) is 46.7 Å². The molecule has 1 aliphatic heterocycles. The summed E-state index contributed by atoms with van der Waals surface area (Å²) in [6, 6.07) is 11.9. The fraction of sp³-hybridized carbons (Fsp3) is 0.385. The van der Waals surface area contributed by atoms with Gasteiger partial charge in [0.15, 0.2) is 0 Å². The number of nitro groups is 1. The molecule has 0 spiro atoms. The highest BCUT2D eigenvalue weighted by Gasteiger charge is 2.32. The van der Waals surface area contributed by atoms with Crippen molar-refractivity contribution in [2.75, 3.05) is 5.32 Å². The second-order valence-corrected chi connectivity index (χ2v) is 9.39. The van der Waals surface area contributed by atoms with Crippen LogP contribution < -0.4 is 21.3 Å². The molecule has 0 aliphatic carbocycles. The molecule has 37 heavy (non-hydrogen) atoms. The minimum Gasteiger partial charge on any atom is -0.344 e. The van der Waals surface area contributed by atoms with E-state index < -0.39 is 40.8 Å². The van der Waals surface area contributed by atoms with Crippen LogP contribution in [0.25, 0.3) is 0 Å². The zero-order valence-electron chi connectivity index (χ0n) is 20.7. The second-order valence-electron chi connectivity index (χ2n) is 9.39. The maximum Gasteiger partial charge on any atom is 0.269 e. The van der Waals surface area contributed by atoms with Crippen LogP contribution in [0, 0.1) is 16.0 Å². The Labute approximate surface area is 214 Å². The van der Waals surface area contributed by atoms with Crippen LogP contribution in [-0.2, 0) is 25.6 Å². The molecule has 0 radical (unpaired) electrons. The quantitative estimate of drug-likeness (QED) is 0.268. The molecule has 1 heterocycles. The smallest absolute Gasteiger partial charge is 0.269 e. The van der Waals surface area contributed by atoms with Gasteiger partial charge in [-0.15, -0.1) is 0 Å². The average molecular weight is 510 g/mol. The predicted octanol–water partition coefficient (Wildman–Crippen LogP) is 2.07. The van der Waals surface area contributed by atoms with E-state index >= 15 is 0 Å². The van der Waals surface area contributed by atoms with Crippen LogP contribution in [0.5, 0.6) is 0 Å². The van der Waals surface area contributed by atoms with Gasteiger partial charge >= 0.3 is 0 Å². The molecule has 3 atom stereocenters. The highest BCUT2D eigenvalue weighted by Crippen LogP contribution is 2.17. The zero-order valence-corrected chi connectivity index (χ0v) is 20.7. The number of non-ortho nitro benzene ring substituents is 1. The number of nitrogens with one attached hydrogen (secondary N) is 4. The van der Waals surface area contributed by atoms with E-state index in [9.17, 15) is 29.3 Å². The van der Waals surface area contributed by atoms with Crippen molar-refractivity contribution < 1.29 is 24.1 Å². The van der Waals surface area contributed by atoms with Crippen LogP contribution >= 0.6 is 0 Å². The fourth-order valence-electron chi connectivity index (χ4n) is 4.01. The van der Waals surface area contributed by atoms with Gasteiger partial charge in [-0.05, 0) is 36.5 Å². The molecule has 1 aliphatic rings. The minimum absolute atomic E-state index is 0.0591. The largest absolute Gasteiger partial charge is 0.344 e. The summed E-state index contributed by atoms with van der Waals surface area (Å²) >= 11 is 0. The van der Waals surface area contributed by atoms with E-state index in [1.54, 1.807) is 0 Å². The van der Waals surface area contributed by atoms with Gasteiger partial charge in [0.2, 0.25) is 23.6 Å². The molecule has 4 N–H and O–H groups in total. The summed E-state index contributed by atoms with van der Waals surface area (Å²) in [6.07, 6.45) is 1.11. The zero-order chi connectivity index (χ0) is 26.9. The standard InChI is InChI=1S/C26H31N5O6/c1-16(2)14-21(25(34)27-18-8-10-19(11-9-18)31(36)37)29-26(35)22(15-17-6-4-3-5-7-17)30-24(33)20-12-13-23(32)28-20/h3-11,16,20-22H,12-15H2,1-2H3,(H,27,34)(H,28,32)(H,29,35)(H,30,33)/t20-,21-,22+/m0/s1. The van der Waals surface area contributed by atoms with Crippen molar-refractivity contribution in [1.82, 2.24) is 16.0 Å². The molecule has 2 aromatic rings. The first-order chi connectivity index (χ1) is 17.6. The second kappa shape index (κ2) is 12.6. The van der Waals surface area contributed by atoms with Crippen molar-refractivity contribution in [1.29, 1.82) is 0 Å². The van der Waals surface area contributed by atoms with E-state index in [1.165, 1.54) is 24.3 Å². The molecule has 0 unspecified atom stereocenters. The Hall–Kier alpha value is -4.28. The number of nitrogens with zero attached hydrogens (tertiary/aromatic N) is 1. The number of hydrogen-bond donors (Lipinski definition) is 4. The van der Waals surface area contributed by atoms with Gasteiger partial charge in [0.1, 0.15) is 18.1 Å². The van der Waals surface area contributed by atoms with E-state index in [1.807, 2.05) is 44.2 Å². The van der Waals surface area contributed by atoms with Crippen molar-refractivity contribution in [3.63, 3.8) is 0 Å². The molecular formula is C26H31N5O6. The molecule has 2 aromatic carbocycles. The van der Waals surface area contributed by atoms with E-state index in [4.69, 9.17) is 0 Å². The Kier molecular flexibility index (Phi) is 9.31. The summed E-state index contributed by atoms with van der Waals surface area (Å²) in [7, 11) is 0. The number of hydrogen-bond acceptors (Lipinski definition) is 6. The van der Waals surface area contributed by atoms with E-state index in [0.29, 0.717) is 18.5 Å². The lowest BCUT2D eigenvalue weighted by Gasteiger charge is -2.25. The van der Waals surface area contributed by atoms with Crippen LogP contribution in [0.4, 0.5) is 11.4 Å². The Bertz CT molecular complexity index is 1140. The Morgan fingerprint density at radius 1 is 1.00 bits per heavy atom. The lowest BCUT2D eigenvalue weighted by Crippen LogP contribution is -2.56. The summed E-state index contributed by atoms with van der Waals surface area (Å²) in [4.78, 5) is 61.1. The number of nitro benzene ring substituents is 1. The summed E-state index contributed by atoms with van der Waals surface area (Å²) in [6.45, 7) is 3.81. The molecule has 3 rings (SSSR count). The molecule has 0 bridgehead atoms. The van der Waals surface area contributed by atoms with Crippen molar-refractivity contribution >= 4 is 35.0 Å². The summed E-state index contributed by atoms with van der Waals surface area (Å²) in [5.41, 5.74) is 1.06. The van der Waals surface area contributed by atoms with Gasteiger partial charge in [-0.1, -0.05) is 44.2 Å². The molecule has 4 amide bonds. The molecule has 196 valence electrons. The van der Waals surface area contributed by atoms with Gasteiger partial charge in [-0.25, -0.2) is 0 Å². The molecule has 1 saturated heterocycles. The van der Waals surface area contributed by atoms with Crippen molar-refractivity contribution in [2.24, 2.45) is 5.92 Å². The molecule has 11 nitrogen and oxygen atoms in total. The SMILES string of the molecule is CC(C)C[C@H](NC(=O)[C@@H](Cc1ccccc1)NC(=O)[C@@H]1CCC(=O)N1)C(=O)Nc1ccc([N+](=O)[O-])cc1. The third-order valence-electron chi connectivity index (χ3n) is 5.91. The minimum atomic E-state index is -0.978. The van der Waals surface area contributed by atoms with Gasteiger partial charge in [-0.2, -0.15) is 0 Å². The van der Waals surface area contributed by atoms with Crippen molar-refractivity contribution in [2.45, 2.75) is 57.7 Å². The first-order valence-corrected chi connectivity index (χ1v) is 12.1. The Morgan fingerprint density at radius 3 is 2.24 bits per heavy atom. The average Bonchev–Trinajstić information content (AvgIpc) is 3.30. The lowest BCUT2D eigenvalue weighted by molar-refractivity contribution is -0.384. The topological polar surface area (TPSA) is 160 Å². The van der Waals surface area contributed by atoms with Gasteiger partial charge in [0.05, 0.1) is 4.92 Å². The number of amides is 4.